The summed E-state index contributed by atoms with van der Waals surface area (Å²) in [6, 6.07) is 4.86. The third kappa shape index (κ3) is 3.44. The lowest BCUT2D eigenvalue weighted by Crippen LogP contribution is -2.15. The summed E-state index contributed by atoms with van der Waals surface area (Å²) in [4.78, 5) is 16.4. The quantitative estimate of drug-likeness (QED) is 0.905. The molecule has 1 aliphatic rings. The molecule has 1 aromatic heterocycles. The van der Waals surface area contributed by atoms with Gasteiger partial charge in [-0.3, -0.25) is 10.1 Å². The molecule has 2 N–H and O–H groups in total. The van der Waals surface area contributed by atoms with Crippen molar-refractivity contribution < 1.29 is 14.6 Å². The van der Waals surface area contributed by atoms with Gasteiger partial charge in [0.1, 0.15) is 17.8 Å². The second kappa shape index (κ2) is 6.68. The van der Waals surface area contributed by atoms with Gasteiger partial charge in [-0.05, 0) is 25.0 Å². The van der Waals surface area contributed by atoms with Crippen molar-refractivity contribution in [1.29, 1.82) is 0 Å². The zero-order valence-corrected chi connectivity index (χ0v) is 13.0. The average Bonchev–Trinajstić information content (AvgIpc) is 3.03. The molecule has 0 bridgehead atoms. The Bertz CT molecular complexity index is 692. The number of hydrogen-bond acceptors (Lipinski definition) is 5. The molecule has 0 spiro atoms. The van der Waals surface area contributed by atoms with Gasteiger partial charge in [0.05, 0.1) is 18.7 Å². The van der Waals surface area contributed by atoms with Crippen LogP contribution in [-0.2, 0) is 0 Å². The van der Waals surface area contributed by atoms with Crippen LogP contribution in [0.5, 0.6) is 11.5 Å². The van der Waals surface area contributed by atoms with E-state index in [2.05, 4.69) is 15.4 Å². The zero-order chi connectivity index (χ0) is 16.2. The van der Waals surface area contributed by atoms with Crippen LogP contribution >= 0.6 is 0 Å². The molecular formula is C16H20N4O3. The molecule has 1 aromatic carbocycles. The van der Waals surface area contributed by atoms with Crippen LogP contribution in [0.2, 0.25) is 0 Å². The van der Waals surface area contributed by atoms with Crippen LogP contribution < -0.4 is 10.1 Å². The molecule has 0 atom stereocenters. The molecule has 0 unspecified atom stereocenters. The van der Waals surface area contributed by atoms with E-state index >= 15 is 0 Å². The van der Waals surface area contributed by atoms with Crippen LogP contribution in [0.15, 0.2) is 24.5 Å². The number of amides is 1. The Balaban J connectivity index is 1.69. The second-order valence-corrected chi connectivity index (χ2v) is 5.68. The van der Waals surface area contributed by atoms with Gasteiger partial charge in [0, 0.05) is 6.07 Å². The van der Waals surface area contributed by atoms with Gasteiger partial charge in [-0.1, -0.05) is 19.3 Å². The Kier molecular flexibility index (Phi) is 4.45. The third-order valence-electron chi connectivity index (χ3n) is 4.13. The number of aromatic nitrogens is 3. The Hall–Kier alpha value is -2.57. The van der Waals surface area contributed by atoms with Crippen molar-refractivity contribution in [3.8, 4) is 11.5 Å². The first-order chi connectivity index (χ1) is 11.2. The number of nitrogens with zero attached hydrogens (tertiary/aromatic N) is 3. The van der Waals surface area contributed by atoms with Gasteiger partial charge in [0.15, 0.2) is 0 Å². The first-order valence-corrected chi connectivity index (χ1v) is 7.77. The normalized spacial score (nSPS) is 15.3. The maximum Gasteiger partial charge on any atom is 0.261 e. The molecule has 1 aliphatic carbocycles. The molecular weight excluding hydrogens is 296 g/mol. The fourth-order valence-electron chi connectivity index (χ4n) is 2.85. The number of nitrogens with one attached hydrogen (secondary N) is 1. The molecule has 0 aliphatic heterocycles. The number of phenols is 1. The number of ether oxygens (including phenoxy) is 1. The maximum absolute atomic E-state index is 12.2. The predicted octanol–water partition coefficient (Wildman–Crippen LogP) is 2.75. The molecule has 3 rings (SSSR count). The maximum atomic E-state index is 12.2. The predicted molar refractivity (Wildman–Crippen MR) is 84.8 cm³/mol. The number of carbonyl (C=O) groups is 1. The fourth-order valence-corrected chi connectivity index (χ4v) is 2.85. The largest absolute Gasteiger partial charge is 0.507 e. The number of hydrogen-bond donors (Lipinski definition) is 2. The molecule has 0 radical (unpaired) electrons. The van der Waals surface area contributed by atoms with Crippen LogP contribution in [0, 0.1) is 0 Å². The molecule has 2 aromatic rings. The number of anilines is 1. The molecule has 7 heteroatoms. The van der Waals surface area contributed by atoms with Crippen molar-refractivity contribution in [2.45, 2.75) is 38.1 Å². The third-order valence-corrected chi connectivity index (χ3v) is 4.13. The van der Waals surface area contributed by atoms with Crippen molar-refractivity contribution in [2.75, 3.05) is 12.4 Å². The summed E-state index contributed by atoms with van der Waals surface area (Å²) in [6.45, 7) is 0. The highest BCUT2D eigenvalue weighted by Crippen LogP contribution is 2.28. The standard InChI is InChI=1S/C16H20N4O3/c1-23-12-7-8-13(14(21)9-12)15(22)18-16-17-10-20(19-16)11-5-3-2-4-6-11/h7-11,21H,2-6H2,1H3,(H,18,19,22). The SMILES string of the molecule is COc1ccc(C(=O)Nc2ncn(C3CCCCC3)n2)c(O)c1. The van der Waals surface area contributed by atoms with E-state index in [9.17, 15) is 9.90 Å². The molecule has 7 nitrogen and oxygen atoms in total. The Labute approximate surface area is 134 Å². The van der Waals surface area contributed by atoms with Crippen LogP contribution in [-0.4, -0.2) is 32.9 Å². The Morgan fingerprint density at radius 1 is 1.35 bits per heavy atom. The van der Waals surface area contributed by atoms with Crippen molar-refractivity contribution in [1.82, 2.24) is 14.8 Å². The van der Waals surface area contributed by atoms with E-state index in [0.29, 0.717) is 11.8 Å². The number of aromatic hydroxyl groups is 1. The molecule has 1 saturated carbocycles. The number of phenolic OH excluding ortho intramolecular Hbond substituents is 1. The summed E-state index contributed by atoms with van der Waals surface area (Å²) in [5.41, 5.74) is 0.153. The number of rotatable bonds is 4. The fraction of sp³-hybridized carbons (Fsp3) is 0.438. The minimum atomic E-state index is -0.452. The van der Waals surface area contributed by atoms with E-state index in [-0.39, 0.29) is 17.3 Å². The van der Waals surface area contributed by atoms with E-state index in [0.717, 1.165) is 12.8 Å². The highest BCUT2D eigenvalue weighted by Gasteiger charge is 2.18. The number of benzene rings is 1. The Morgan fingerprint density at radius 2 is 2.13 bits per heavy atom. The molecule has 1 amide bonds. The summed E-state index contributed by atoms with van der Waals surface area (Å²) < 4.78 is 6.82. The van der Waals surface area contributed by atoms with Crippen LogP contribution in [0.3, 0.4) is 0 Å². The first kappa shape index (κ1) is 15.3. The van der Waals surface area contributed by atoms with E-state index in [1.165, 1.54) is 38.5 Å². The van der Waals surface area contributed by atoms with Gasteiger partial charge in [-0.2, -0.15) is 0 Å². The van der Waals surface area contributed by atoms with Gasteiger partial charge < -0.3 is 9.84 Å². The lowest BCUT2D eigenvalue weighted by Gasteiger charge is -2.21. The van der Waals surface area contributed by atoms with E-state index in [1.807, 2.05) is 4.68 Å². The first-order valence-electron chi connectivity index (χ1n) is 7.77. The second-order valence-electron chi connectivity index (χ2n) is 5.68. The van der Waals surface area contributed by atoms with Gasteiger partial charge in [-0.25, -0.2) is 9.67 Å². The van der Waals surface area contributed by atoms with Gasteiger partial charge in [-0.15, -0.1) is 5.10 Å². The molecule has 1 fully saturated rings. The minimum Gasteiger partial charge on any atom is -0.507 e. The lowest BCUT2D eigenvalue weighted by atomic mass is 9.96. The smallest absolute Gasteiger partial charge is 0.261 e. The highest BCUT2D eigenvalue weighted by atomic mass is 16.5. The number of carbonyl (C=O) groups excluding carboxylic acids is 1. The lowest BCUT2D eigenvalue weighted by molar-refractivity contribution is 0.102. The monoisotopic (exact) mass is 316 g/mol. The summed E-state index contributed by atoms with van der Waals surface area (Å²) in [7, 11) is 1.50. The van der Waals surface area contributed by atoms with Crippen molar-refractivity contribution in [3.63, 3.8) is 0 Å². The van der Waals surface area contributed by atoms with Gasteiger partial charge in [0.25, 0.3) is 5.91 Å². The summed E-state index contributed by atoms with van der Waals surface area (Å²) in [6.07, 6.45) is 7.51. The van der Waals surface area contributed by atoms with Crippen molar-refractivity contribution in [3.05, 3.63) is 30.1 Å². The molecule has 1 heterocycles. The van der Waals surface area contributed by atoms with E-state index in [1.54, 1.807) is 12.4 Å². The highest BCUT2D eigenvalue weighted by molar-refractivity contribution is 6.05. The van der Waals surface area contributed by atoms with Crippen LogP contribution in [0.1, 0.15) is 48.5 Å². The molecule has 122 valence electrons. The summed E-state index contributed by atoms with van der Waals surface area (Å²) in [5, 5.41) is 16.8. The van der Waals surface area contributed by atoms with E-state index in [4.69, 9.17) is 4.74 Å². The summed E-state index contributed by atoms with van der Waals surface area (Å²) >= 11 is 0. The van der Waals surface area contributed by atoms with Crippen molar-refractivity contribution >= 4 is 11.9 Å². The zero-order valence-electron chi connectivity index (χ0n) is 13.0. The van der Waals surface area contributed by atoms with Gasteiger partial charge >= 0.3 is 0 Å². The molecule has 23 heavy (non-hydrogen) atoms. The van der Waals surface area contributed by atoms with Crippen LogP contribution in [0.4, 0.5) is 5.95 Å². The van der Waals surface area contributed by atoms with Crippen LogP contribution in [0.25, 0.3) is 0 Å². The van der Waals surface area contributed by atoms with Crippen molar-refractivity contribution in [2.24, 2.45) is 0 Å². The summed E-state index contributed by atoms with van der Waals surface area (Å²) in [5.74, 6) is 0.134. The van der Waals surface area contributed by atoms with Gasteiger partial charge in [0.2, 0.25) is 5.95 Å². The molecule has 0 saturated heterocycles. The average molecular weight is 316 g/mol. The Morgan fingerprint density at radius 3 is 2.83 bits per heavy atom. The minimum absolute atomic E-state index is 0.145. The topological polar surface area (TPSA) is 89.3 Å². The number of methoxy groups -OCH3 is 1. The van der Waals surface area contributed by atoms with E-state index < -0.39 is 5.91 Å².